The minimum absolute atomic E-state index is 0.0972. The number of phenolic OH excluding ortho intramolecular Hbond substituents is 1. The first kappa shape index (κ1) is 11.7. The molecule has 4 nitrogen and oxygen atoms in total. The molecule has 2 bridgehead atoms. The molecule has 0 radical (unpaired) electrons. The van der Waals surface area contributed by atoms with Crippen LogP contribution >= 0.6 is 0 Å². The predicted octanol–water partition coefficient (Wildman–Crippen LogP) is 2.09. The molecule has 1 saturated carbocycles. The number of anilines is 1. The van der Waals surface area contributed by atoms with Crippen molar-refractivity contribution in [2.24, 2.45) is 23.2 Å². The van der Waals surface area contributed by atoms with Crippen molar-refractivity contribution in [2.45, 2.75) is 13.3 Å². The van der Waals surface area contributed by atoms with Crippen molar-refractivity contribution in [3.05, 3.63) is 36.4 Å². The van der Waals surface area contributed by atoms with E-state index in [0.29, 0.717) is 5.69 Å². The SMILES string of the molecule is C[C@]12C(=O)N(c3ccc(O)cc3)C(=O)[C@H]1[C@H]1C=C[C@@H]2C1. The average molecular weight is 269 g/mol. The van der Waals surface area contributed by atoms with E-state index in [1.807, 2.05) is 6.92 Å². The molecule has 1 saturated heterocycles. The molecule has 4 atom stereocenters. The van der Waals surface area contributed by atoms with Gasteiger partial charge < -0.3 is 5.11 Å². The predicted molar refractivity (Wildman–Crippen MR) is 72.9 cm³/mol. The number of fused-ring (bicyclic) bond motifs is 5. The van der Waals surface area contributed by atoms with Crippen LogP contribution < -0.4 is 4.90 Å². The van der Waals surface area contributed by atoms with Crippen LogP contribution in [0, 0.1) is 23.2 Å². The van der Waals surface area contributed by atoms with Crippen LogP contribution in [0.3, 0.4) is 0 Å². The Morgan fingerprint density at radius 3 is 2.55 bits per heavy atom. The number of allylic oxidation sites excluding steroid dienone is 2. The zero-order valence-corrected chi connectivity index (χ0v) is 11.1. The maximum Gasteiger partial charge on any atom is 0.241 e. The van der Waals surface area contributed by atoms with Gasteiger partial charge in [-0.2, -0.15) is 0 Å². The number of imide groups is 1. The highest BCUT2D eigenvalue weighted by molar-refractivity contribution is 6.24. The largest absolute Gasteiger partial charge is 0.508 e. The summed E-state index contributed by atoms with van der Waals surface area (Å²) in [5, 5.41) is 9.34. The molecule has 4 heteroatoms. The normalized spacial score (nSPS) is 37.9. The van der Waals surface area contributed by atoms with Gasteiger partial charge in [-0.05, 0) is 49.4 Å². The van der Waals surface area contributed by atoms with Crippen molar-refractivity contribution in [2.75, 3.05) is 4.90 Å². The van der Waals surface area contributed by atoms with E-state index >= 15 is 0 Å². The summed E-state index contributed by atoms with van der Waals surface area (Å²) < 4.78 is 0. The van der Waals surface area contributed by atoms with Crippen LogP contribution in [-0.2, 0) is 9.59 Å². The molecule has 1 heterocycles. The third-order valence-corrected chi connectivity index (χ3v) is 5.22. The first-order valence-corrected chi connectivity index (χ1v) is 6.89. The molecular formula is C16H15NO3. The number of hydrogen-bond donors (Lipinski definition) is 1. The van der Waals surface area contributed by atoms with Crippen LogP contribution in [-0.4, -0.2) is 16.9 Å². The van der Waals surface area contributed by atoms with Crippen LogP contribution in [0.4, 0.5) is 5.69 Å². The third-order valence-electron chi connectivity index (χ3n) is 5.22. The molecule has 1 aromatic rings. The Bertz CT molecular complexity index is 648. The van der Waals surface area contributed by atoms with E-state index in [1.54, 1.807) is 12.1 Å². The van der Waals surface area contributed by atoms with Gasteiger partial charge in [0, 0.05) is 0 Å². The molecule has 2 aliphatic carbocycles. The highest BCUT2D eigenvalue weighted by atomic mass is 16.3. The second-order valence-corrected chi connectivity index (χ2v) is 6.15. The summed E-state index contributed by atoms with van der Waals surface area (Å²) in [4.78, 5) is 26.8. The number of rotatable bonds is 1. The van der Waals surface area contributed by atoms with Gasteiger partial charge in [0.1, 0.15) is 5.75 Å². The second-order valence-electron chi connectivity index (χ2n) is 6.15. The number of hydrogen-bond acceptors (Lipinski definition) is 3. The first-order chi connectivity index (χ1) is 9.53. The molecule has 1 aromatic carbocycles. The van der Waals surface area contributed by atoms with Gasteiger partial charge in [-0.1, -0.05) is 12.2 Å². The van der Waals surface area contributed by atoms with Crippen molar-refractivity contribution in [1.82, 2.24) is 0 Å². The number of benzene rings is 1. The number of aromatic hydroxyl groups is 1. The number of carbonyl (C=O) groups excluding carboxylic acids is 2. The highest BCUT2D eigenvalue weighted by Gasteiger charge is 2.67. The van der Waals surface area contributed by atoms with E-state index < -0.39 is 5.41 Å². The summed E-state index contributed by atoms with van der Waals surface area (Å²) in [7, 11) is 0. The van der Waals surface area contributed by atoms with Gasteiger partial charge in [-0.25, -0.2) is 4.90 Å². The summed E-state index contributed by atoms with van der Waals surface area (Å²) in [6.45, 7) is 1.92. The summed E-state index contributed by atoms with van der Waals surface area (Å²) in [6.07, 6.45) is 5.09. The number of amides is 2. The maximum atomic E-state index is 12.8. The van der Waals surface area contributed by atoms with Crippen LogP contribution in [0.5, 0.6) is 5.75 Å². The summed E-state index contributed by atoms with van der Waals surface area (Å²) >= 11 is 0. The van der Waals surface area contributed by atoms with E-state index in [-0.39, 0.29) is 35.3 Å². The molecule has 1 N–H and O–H groups in total. The van der Waals surface area contributed by atoms with Crippen molar-refractivity contribution < 1.29 is 14.7 Å². The number of carbonyl (C=O) groups is 2. The van der Waals surface area contributed by atoms with Gasteiger partial charge in [0.2, 0.25) is 11.8 Å². The fourth-order valence-electron chi connectivity index (χ4n) is 4.15. The number of nitrogens with zero attached hydrogens (tertiary/aromatic N) is 1. The van der Waals surface area contributed by atoms with Crippen molar-refractivity contribution in [3.63, 3.8) is 0 Å². The third kappa shape index (κ3) is 1.17. The Hall–Kier alpha value is -2.10. The lowest BCUT2D eigenvalue weighted by Gasteiger charge is -2.28. The quantitative estimate of drug-likeness (QED) is 0.627. The fraction of sp³-hybridized carbons (Fsp3) is 0.375. The molecule has 0 aromatic heterocycles. The standard InChI is InChI=1S/C16H15NO3/c1-16-10-3-2-9(8-10)13(16)14(19)17(15(16)20)11-4-6-12(18)7-5-11/h2-7,9-10,13,18H,8H2,1H3/t9-,10+,13+,16+/m0/s1. The molecule has 4 rings (SSSR count). The molecule has 2 amide bonds. The Labute approximate surface area is 116 Å². The van der Waals surface area contributed by atoms with E-state index in [1.165, 1.54) is 17.0 Å². The van der Waals surface area contributed by atoms with E-state index in [9.17, 15) is 14.7 Å². The fourth-order valence-corrected chi connectivity index (χ4v) is 4.15. The Morgan fingerprint density at radius 2 is 1.90 bits per heavy atom. The minimum atomic E-state index is -0.589. The summed E-state index contributed by atoms with van der Waals surface area (Å²) in [6, 6.07) is 6.23. The van der Waals surface area contributed by atoms with E-state index in [2.05, 4.69) is 12.2 Å². The zero-order chi connectivity index (χ0) is 14.1. The van der Waals surface area contributed by atoms with Gasteiger partial charge >= 0.3 is 0 Å². The Morgan fingerprint density at radius 1 is 1.20 bits per heavy atom. The Balaban J connectivity index is 1.80. The molecule has 102 valence electrons. The van der Waals surface area contributed by atoms with E-state index in [0.717, 1.165) is 6.42 Å². The average Bonchev–Trinajstić information content (AvgIpc) is 3.05. The van der Waals surface area contributed by atoms with Crippen molar-refractivity contribution >= 4 is 17.5 Å². The summed E-state index contributed by atoms with van der Waals surface area (Å²) in [5.74, 6) is 0.0782. The molecular weight excluding hydrogens is 254 g/mol. The molecule has 0 unspecified atom stereocenters. The van der Waals surface area contributed by atoms with Crippen LogP contribution in [0.25, 0.3) is 0 Å². The lowest BCUT2D eigenvalue weighted by atomic mass is 9.71. The number of phenols is 1. The van der Waals surface area contributed by atoms with Gasteiger partial charge in [-0.3, -0.25) is 9.59 Å². The maximum absolute atomic E-state index is 12.8. The van der Waals surface area contributed by atoms with Gasteiger partial charge in [0.05, 0.1) is 17.0 Å². The van der Waals surface area contributed by atoms with Gasteiger partial charge in [-0.15, -0.1) is 0 Å². The molecule has 1 aliphatic heterocycles. The first-order valence-electron chi connectivity index (χ1n) is 6.89. The topological polar surface area (TPSA) is 57.6 Å². The van der Waals surface area contributed by atoms with Crippen LogP contribution in [0.2, 0.25) is 0 Å². The molecule has 3 aliphatic rings. The lowest BCUT2D eigenvalue weighted by Crippen LogP contribution is -2.37. The molecule has 2 fully saturated rings. The van der Waals surface area contributed by atoms with Crippen LogP contribution in [0.1, 0.15) is 13.3 Å². The van der Waals surface area contributed by atoms with Crippen molar-refractivity contribution in [3.8, 4) is 5.75 Å². The molecule has 20 heavy (non-hydrogen) atoms. The van der Waals surface area contributed by atoms with Gasteiger partial charge in [0.25, 0.3) is 0 Å². The second kappa shape index (κ2) is 3.51. The lowest BCUT2D eigenvalue weighted by molar-refractivity contribution is -0.127. The smallest absolute Gasteiger partial charge is 0.241 e. The summed E-state index contributed by atoms with van der Waals surface area (Å²) in [5.41, 5.74) is -0.0400. The minimum Gasteiger partial charge on any atom is -0.508 e. The zero-order valence-electron chi connectivity index (χ0n) is 11.1. The monoisotopic (exact) mass is 269 g/mol. The molecule has 0 spiro atoms. The van der Waals surface area contributed by atoms with Crippen molar-refractivity contribution in [1.29, 1.82) is 0 Å². The van der Waals surface area contributed by atoms with Crippen LogP contribution in [0.15, 0.2) is 36.4 Å². The Kier molecular flexibility index (Phi) is 2.05. The van der Waals surface area contributed by atoms with Gasteiger partial charge in [0.15, 0.2) is 0 Å². The van der Waals surface area contributed by atoms with E-state index in [4.69, 9.17) is 0 Å². The highest BCUT2D eigenvalue weighted by Crippen LogP contribution is 2.60.